The third kappa shape index (κ3) is 2.62. The van der Waals surface area contributed by atoms with Crippen LogP contribution >= 0.6 is 15.6 Å². The Morgan fingerprint density at radius 1 is 1.00 bits per heavy atom. The SMILES string of the molecule is O=P1(OP2(=O)OCC(F)O2)OCC(F)O1. The number of hydrogen-bond acceptors (Lipinski definition) is 7. The van der Waals surface area contributed by atoms with E-state index in [1.54, 1.807) is 0 Å². The molecule has 0 aromatic heterocycles. The average molecular weight is 266 g/mol. The summed E-state index contributed by atoms with van der Waals surface area (Å²) >= 11 is 0. The lowest BCUT2D eigenvalue weighted by molar-refractivity contribution is 0.0762. The number of hydrogen-bond donors (Lipinski definition) is 0. The number of alkyl halides is 2. The Morgan fingerprint density at radius 3 is 1.67 bits per heavy atom. The Bertz CT molecular complexity index is 316. The van der Waals surface area contributed by atoms with Crippen molar-refractivity contribution >= 4 is 15.6 Å². The predicted octanol–water partition coefficient (Wildman–Crippen LogP) is 1.90. The molecule has 2 fully saturated rings. The molecule has 15 heavy (non-hydrogen) atoms. The normalized spacial score (nSPS) is 51.1. The number of halogens is 2. The molecule has 0 amide bonds. The van der Waals surface area contributed by atoms with E-state index < -0.39 is 41.6 Å². The van der Waals surface area contributed by atoms with Gasteiger partial charge in [0, 0.05) is 0 Å². The van der Waals surface area contributed by atoms with Crippen molar-refractivity contribution in [3.05, 3.63) is 0 Å². The summed E-state index contributed by atoms with van der Waals surface area (Å²) in [6.07, 6.45) is -3.91. The monoisotopic (exact) mass is 266 g/mol. The molecule has 2 heterocycles. The van der Waals surface area contributed by atoms with E-state index in [1.165, 1.54) is 0 Å². The Labute approximate surface area is 82.8 Å². The molecule has 0 bridgehead atoms. The van der Waals surface area contributed by atoms with Crippen LogP contribution in [0.15, 0.2) is 0 Å². The molecule has 2 aliphatic rings. The topological polar surface area (TPSA) is 80.3 Å². The van der Waals surface area contributed by atoms with Crippen molar-refractivity contribution in [3.8, 4) is 0 Å². The Morgan fingerprint density at radius 2 is 1.40 bits per heavy atom. The van der Waals surface area contributed by atoms with Gasteiger partial charge in [-0.2, -0.15) is 4.31 Å². The van der Waals surface area contributed by atoms with Gasteiger partial charge in [-0.05, 0) is 0 Å². The highest BCUT2D eigenvalue weighted by atomic mass is 31.3. The largest absolute Gasteiger partial charge is 0.486 e. The fraction of sp³-hybridized carbons (Fsp3) is 1.00. The maximum absolute atomic E-state index is 12.4. The fourth-order valence-electron chi connectivity index (χ4n) is 0.910. The molecule has 2 saturated heterocycles. The molecule has 0 N–H and O–H groups in total. The van der Waals surface area contributed by atoms with Crippen molar-refractivity contribution in [3.63, 3.8) is 0 Å². The second-order valence-electron chi connectivity index (χ2n) is 2.60. The summed E-state index contributed by atoms with van der Waals surface area (Å²) in [6, 6.07) is 0. The molecule has 4 atom stereocenters. The molecule has 88 valence electrons. The molecule has 0 aromatic rings. The lowest BCUT2D eigenvalue weighted by Crippen LogP contribution is -1.98. The average Bonchev–Trinajstić information content (AvgIpc) is 2.57. The molecule has 0 radical (unpaired) electrons. The van der Waals surface area contributed by atoms with Crippen LogP contribution in [0.3, 0.4) is 0 Å². The van der Waals surface area contributed by atoms with Crippen LogP contribution in [0.4, 0.5) is 8.78 Å². The Balaban J connectivity index is 2.03. The predicted molar refractivity (Wildman–Crippen MR) is 40.2 cm³/mol. The summed E-state index contributed by atoms with van der Waals surface area (Å²) in [6.45, 7) is -1.26. The van der Waals surface area contributed by atoms with Crippen LogP contribution in [0.1, 0.15) is 0 Å². The van der Waals surface area contributed by atoms with Gasteiger partial charge in [0.15, 0.2) is 0 Å². The maximum Gasteiger partial charge on any atom is 0.486 e. The van der Waals surface area contributed by atoms with Crippen molar-refractivity contribution in [1.29, 1.82) is 0 Å². The first-order valence-electron chi connectivity index (χ1n) is 3.76. The number of phosphoric acid groups is 2. The minimum absolute atomic E-state index is 0.629. The summed E-state index contributed by atoms with van der Waals surface area (Å²) in [5.74, 6) is 0. The van der Waals surface area contributed by atoms with Crippen molar-refractivity contribution in [2.75, 3.05) is 13.2 Å². The van der Waals surface area contributed by atoms with Crippen LogP contribution < -0.4 is 0 Å². The fourth-order valence-corrected chi connectivity index (χ4v) is 3.98. The first kappa shape index (κ1) is 11.6. The van der Waals surface area contributed by atoms with Gasteiger partial charge in [0.25, 0.3) is 0 Å². The minimum atomic E-state index is -4.32. The Hall–Kier alpha value is 0.120. The van der Waals surface area contributed by atoms with E-state index in [1.807, 2.05) is 0 Å². The van der Waals surface area contributed by atoms with Gasteiger partial charge in [-0.25, -0.2) is 27.0 Å². The summed E-state index contributed by atoms with van der Waals surface area (Å²) in [7, 11) is -8.64. The van der Waals surface area contributed by atoms with Crippen LogP contribution in [0.2, 0.25) is 0 Å². The molecular weight excluding hydrogens is 260 g/mol. The van der Waals surface area contributed by atoms with E-state index in [0.717, 1.165) is 0 Å². The first-order valence-corrected chi connectivity index (χ1v) is 6.68. The van der Waals surface area contributed by atoms with E-state index in [0.29, 0.717) is 0 Å². The standard InChI is InChI=1S/C4H6F2O7P2/c5-3-1-9-14(7,11-3)13-15(8)10-2-4(6)12-15/h3-4H,1-2H2. The summed E-state index contributed by atoms with van der Waals surface area (Å²) in [5, 5.41) is 0. The van der Waals surface area contributed by atoms with Gasteiger partial charge in [-0.1, -0.05) is 0 Å². The first-order chi connectivity index (χ1) is 6.91. The van der Waals surface area contributed by atoms with Gasteiger partial charge in [-0.15, -0.1) is 0 Å². The minimum Gasteiger partial charge on any atom is -0.281 e. The van der Waals surface area contributed by atoms with Gasteiger partial charge < -0.3 is 0 Å². The van der Waals surface area contributed by atoms with Crippen LogP contribution in [0, 0.1) is 0 Å². The van der Waals surface area contributed by atoms with Gasteiger partial charge in [0.05, 0.1) is 0 Å². The van der Waals surface area contributed by atoms with Crippen LogP contribution in [0.5, 0.6) is 0 Å². The summed E-state index contributed by atoms with van der Waals surface area (Å²) in [4.78, 5) is 0. The van der Waals surface area contributed by atoms with Crippen molar-refractivity contribution in [1.82, 2.24) is 0 Å². The third-order valence-corrected chi connectivity index (χ3v) is 4.92. The second-order valence-corrected chi connectivity index (χ2v) is 5.98. The quantitative estimate of drug-likeness (QED) is 0.706. The van der Waals surface area contributed by atoms with E-state index in [9.17, 15) is 17.9 Å². The van der Waals surface area contributed by atoms with Gasteiger partial charge in [0.1, 0.15) is 13.2 Å². The molecule has 0 spiro atoms. The smallest absolute Gasteiger partial charge is 0.281 e. The zero-order valence-corrected chi connectivity index (χ0v) is 8.87. The second kappa shape index (κ2) is 3.85. The van der Waals surface area contributed by atoms with Crippen molar-refractivity contribution < 1.29 is 40.3 Å². The highest BCUT2D eigenvalue weighted by Crippen LogP contribution is 2.70. The molecule has 2 aliphatic heterocycles. The molecule has 4 unspecified atom stereocenters. The zero-order chi connectivity index (χ0) is 11.1. The van der Waals surface area contributed by atoms with Gasteiger partial charge in [-0.3, -0.25) is 9.05 Å². The third-order valence-electron chi connectivity index (χ3n) is 1.41. The Kier molecular flexibility index (Phi) is 2.98. The summed E-state index contributed by atoms with van der Waals surface area (Å²) < 4.78 is 68.6. The molecule has 0 aliphatic carbocycles. The van der Waals surface area contributed by atoms with Crippen molar-refractivity contribution in [2.24, 2.45) is 0 Å². The zero-order valence-electron chi connectivity index (χ0n) is 7.08. The lowest BCUT2D eigenvalue weighted by Gasteiger charge is -2.12. The van der Waals surface area contributed by atoms with Crippen LogP contribution in [0.25, 0.3) is 0 Å². The van der Waals surface area contributed by atoms with Crippen LogP contribution in [-0.2, 0) is 31.5 Å². The van der Waals surface area contributed by atoms with E-state index in [4.69, 9.17) is 0 Å². The molecular formula is C4H6F2O7P2. The number of rotatable bonds is 2. The molecule has 7 nitrogen and oxygen atoms in total. The molecule has 0 saturated carbocycles. The maximum atomic E-state index is 12.4. The molecule has 11 heteroatoms. The number of phosphoric ester groups is 2. The molecule has 2 rings (SSSR count). The van der Waals surface area contributed by atoms with E-state index >= 15 is 0 Å². The van der Waals surface area contributed by atoms with E-state index in [-0.39, 0.29) is 0 Å². The molecule has 0 aromatic carbocycles. The van der Waals surface area contributed by atoms with Gasteiger partial charge in [0.2, 0.25) is 12.7 Å². The lowest BCUT2D eigenvalue weighted by atomic mass is 10.8. The highest BCUT2D eigenvalue weighted by Gasteiger charge is 2.50. The highest BCUT2D eigenvalue weighted by molar-refractivity contribution is 7.62. The van der Waals surface area contributed by atoms with E-state index in [2.05, 4.69) is 22.4 Å². The van der Waals surface area contributed by atoms with Crippen LogP contribution in [-0.4, -0.2) is 25.9 Å². The summed E-state index contributed by atoms with van der Waals surface area (Å²) in [5.41, 5.74) is 0. The van der Waals surface area contributed by atoms with Gasteiger partial charge >= 0.3 is 15.6 Å². The van der Waals surface area contributed by atoms with Crippen molar-refractivity contribution in [2.45, 2.75) is 12.7 Å².